The lowest BCUT2D eigenvalue weighted by Gasteiger charge is -2.05. The molecule has 3 N–H and O–H groups in total. The number of nitrogens with two attached hydrogens (primary N) is 1. The first-order chi connectivity index (χ1) is 11.1. The Morgan fingerprint density at radius 2 is 2.00 bits per heavy atom. The molecule has 0 bridgehead atoms. The summed E-state index contributed by atoms with van der Waals surface area (Å²) in [4.78, 5) is 30.2. The monoisotopic (exact) mass is 311 g/mol. The van der Waals surface area contributed by atoms with Gasteiger partial charge in [0.25, 0.3) is 0 Å². The maximum atomic E-state index is 11.2. The highest BCUT2D eigenvalue weighted by Crippen LogP contribution is 2.19. The lowest BCUT2D eigenvalue weighted by atomic mass is 10.1. The highest BCUT2D eigenvalue weighted by atomic mass is 16.6. The predicted molar refractivity (Wildman–Crippen MR) is 84.3 cm³/mol. The van der Waals surface area contributed by atoms with Crippen molar-refractivity contribution in [1.82, 2.24) is 4.98 Å². The van der Waals surface area contributed by atoms with E-state index in [4.69, 9.17) is 15.0 Å². The summed E-state index contributed by atoms with van der Waals surface area (Å²) in [5.41, 5.74) is 7.32. The van der Waals surface area contributed by atoms with Crippen molar-refractivity contribution in [2.45, 2.75) is 6.42 Å². The van der Waals surface area contributed by atoms with Gasteiger partial charge in [0.15, 0.2) is 11.3 Å². The number of H-pyrrole nitrogens is 1. The predicted octanol–water partition coefficient (Wildman–Crippen LogP) is 1.78. The molecular weight excluding hydrogens is 298 g/mol. The van der Waals surface area contributed by atoms with Crippen molar-refractivity contribution < 1.29 is 14.0 Å². The normalized spacial score (nSPS) is 11.6. The van der Waals surface area contributed by atoms with Gasteiger partial charge >= 0.3 is 5.76 Å². The van der Waals surface area contributed by atoms with Crippen molar-refractivity contribution >= 4 is 22.7 Å². The summed E-state index contributed by atoms with van der Waals surface area (Å²) in [6, 6.07) is 13.9. The van der Waals surface area contributed by atoms with E-state index in [2.05, 4.69) is 10.1 Å². The maximum absolute atomic E-state index is 11.2. The zero-order valence-corrected chi connectivity index (χ0v) is 12.0. The minimum absolute atomic E-state index is 0.0501. The number of carbonyl (C=O) groups excluding carboxylic acids is 1. The van der Waals surface area contributed by atoms with Crippen molar-refractivity contribution in [2.24, 2.45) is 10.9 Å². The molecule has 0 atom stereocenters. The van der Waals surface area contributed by atoms with Crippen LogP contribution in [-0.4, -0.2) is 16.6 Å². The number of hydrogen-bond acceptors (Lipinski definition) is 5. The molecule has 0 unspecified atom stereocenters. The third-order valence-electron chi connectivity index (χ3n) is 3.10. The maximum Gasteiger partial charge on any atom is 0.417 e. The Hall–Kier alpha value is -3.35. The number of nitrogens with zero attached hydrogens (tertiary/aromatic N) is 1. The molecule has 3 rings (SSSR count). The number of primary amides is 1. The Labute approximate surface area is 130 Å². The fraction of sp³-hybridized carbons (Fsp3) is 0.0625. The largest absolute Gasteiger partial charge is 0.417 e. The Bertz CT molecular complexity index is 925. The molecule has 23 heavy (non-hydrogen) atoms. The van der Waals surface area contributed by atoms with Crippen molar-refractivity contribution in [1.29, 1.82) is 0 Å². The summed E-state index contributed by atoms with van der Waals surface area (Å²) >= 11 is 0. The van der Waals surface area contributed by atoms with Gasteiger partial charge in [-0.25, -0.2) is 4.79 Å². The topological polar surface area (TPSA) is 111 Å². The second-order valence-electron chi connectivity index (χ2n) is 4.81. The molecule has 0 aliphatic heterocycles. The number of amides is 1. The Morgan fingerprint density at radius 3 is 2.74 bits per heavy atom. The first-order valence-corrected chi connectivity index (χ1v) is 6.82. The van der Waals surface area contributed by atoms with Crippen LogP contribution < -0.4 is 16.3 Å². The highest BCUT2D eigenvalue weighted by molar-refractivity contribution is 6.09. The van der Waals surface area contributed by atoms with Crippen molar-refractivity contribution in [2.75, 3.05) is 0 Å². The van der Waals surface area contributed by atoms with Crippen LogP contribution in [0.15, 0.2) is 62.9 Å². The van der Waals surface area contributed by atoms with E-state index in [-0.39, 0.29) is 6.42 Å². The number of aromatic nitrogens is 1. The van der Waals surface area contributed by atoms with Crippen LogP contribution in [0, 0.1) is 0 Å². The van der Waals surface area contributed by atoms with E-state index >= 15 is 0 Å². The van der Waals surface area contributed by atoms with E-state index in [9.17, 15) is 9.59 Å². The summed E-state index contributed by atoms with van der Waals surface area (Å²) in [5, 5.41) is 4.00. The van der Waals surface area contributed by atoms with Gasteiger partial charge in [0, 0.05) is 6.07 Å². The van der Waals surface area contributed by atoms with Crippen LogP contribution >= 0.6 is 0 Å². The molecule has 0 radical (unpaired) electrons. The number of benzene rings is 2. The van der Waals surface area contributed by atoms with Crippen LogP contribution in [0.3, 0.4) is 0 Å². The minimum Gasteiger partial charge on any atom is -0.408 e. The number of hydrogen-bond donors (Lipinski definition) is 2. The number of aromatic amines is 1. The molecular formula is C16H13N3O4. The first kappa shape index (κ1) is 14.6. The molecule has 7 nitrogen and oxygen atoms in total. The van der Waals surface area contributed by atoms with Gasteiger partial charge < -0.3 is 15.0 Å². The van der Waals surface area contributed by atoms with Crippen molar-refractivity contribution in [3.05, 3.63) is 64.6 Å². The molecule has 1 amide bonds. The average Bonchev–Trinajstić information content (AvgIpc) is 2.91. The lowest BCUT2D eigenvalue weighted by Crippen LogP contribution is -2.17. The van der Waals surface area contributed by atoms with Crippen LogP contribution in [0.4, 0.5) is 0 Å². The second kappa shape index (κ2) is 6.18. The van der Waals surface area contributed by atoms with E-state index in [1.54, 1.807) is 24.3 Å². The third-order valence-corrected chi connectivity index (χ3v) is 3.10. The van der Waals surface area contributed by atoms with Crippen LogP contribution in [0.25, 0.3) is 11.1 Å². The van der Waals surface area contributed by atoms with E-state index in [1.807, 2.05) is 18.2 Å². The summed E-state index contributed by atoms with van der Waals surface area (Å²) in [7, 11) is 0. The molecule has 7 heteroatoms. The molecule has 1 aromatic heterocycles. The van der Waals surface area contributed by atoms with Gasteiger partial charge in [-0.05, 0) is 17.7 Å². The van der Waals surface area contributed by atoms with Crippen LogP contribution in [0.1, 0.15) is 12.0 Å². The molecule has 2 aromatic carbocycles. The summed E-state index contributed by atoms with van der Waals surface area (Å²) in [6.45, 7) is 0. The Morgan fingerprint density at radius 1 is 1.22 bits per heavy atom. The van der Waals surface area contributed by atoms with Gasteiger partial charge in [0.05, 0.1) is 17.6 Å². The zero-order chi connectivity index (χ0) is 16.2. The van der Waals surface area contributed by atoms with Gasteiger partial charge in [-0.3, -0.25) is 9.78 Å². The second-order valence-corrected chi connectivity index (χ2v) is 4.81. The van der Waals surface area contributed by atoms with E-state index < -0.39 is 11.7 Å². The number of oxime groups is 1. The SMILES string of the molecule is NC(=O)C/C(=N\Oc1ccc2[nH]c(=O)oc2c1)c1ccccc1. The van der Waals surface area contributed by atoms with Crippen molar-refractivity contribution in [3.63, 3.8) is 0 Å². The average molecular weight is 311 g/mol. The molecule has 116 valence electrons. The van der Waals surface area contributed by atoms with Gasteiger partial charge in [-0.15, -0.1) is 0 Å². The van der Waals surface area contributed by atoms with Gasteiger partial charge in [-0.1, -0.05) is 35.5 Å². The van der Waals surface area contributed by atoms with Crippen LogP contribution in [0.5, 0.6) is 5.75 Å². The molecule has 0 aliphatic rings. The van der Waals surface area contributed by atoms with Crippen LogP contribution in [-0.2, 0) is 4.79 Å². The lowest BCUT2D eigenvalue weighted by molar-refractivity contribution is -0.116. The minimum atomic E-state index is -0.542. The molecule has 0 fully saturated rings. The quantitative estimate of drug-likeness (QED) is 0.552. The van der Waals surface area contributed by atoms with E-state index in [1.165, 1.54) is 6.07 Å². The zero-order valence-electron chi connectivity index (χ0n) is 12.0. The molecule has 0 saturated carbocycles. The fourth-order valence-electron chi connectivity index (χ4n) is 2.07. The van der Waals surface area contributed by atoms with Gasteiger partial charge in [0.2, 0.25) is 5.91 Å². The number of fused-ring (bicyclic) bond motifs is 1. The summed E-state index contributed by atoms with van der Waals surface area (Å²) < 4.78 is 4.95. The summed E-state index contributed by atoms with van der Waals surface area (Å²) in [6.07, 6.45) is -0.0501. The molecule has 0 spiro atoms. The van der Waals surface area contributed by atoms with E-state index in [0.29, 0.717) is 22.6 Å². The van der Waals surface area contributed by atoms with E-state index in [0.717, 1.165) is 5.56 Å². The number of oxazole rings is 1. The smallest absolute Gasteiger partial charge is 0.408 e. The Kier molecular flexibility index (Phi) is 3.92. The summed E-state index contributed by atoms with van der Waals surface area (Å²) in [5.74, 6) is -0.680. The highest BCUT2D eigenvalue weighted by Gasteiger charge is 2.09. The standard InChI is InChI=1S/C16H13N3O4/c17-15(20)9-13(10-4-2-1-3-5-10)19-23-11-6-7-12-14(8-11)22-16(21)18-12/h1-8H,9H2,(H2,17,20)(H,18,21)/b19-13+. The fourth-order valence-corrected chi connectivity index (χ4v) is 2.07. The molecule has 1 heterocycles. The van der Waals surface area contributed by atoms with Gasteiger partial charge in [0.1, 0.15) is 0 Å². The number of rotatable bonds is 5. The third kappa shape index (κ3) is 3.46. The molecule has 0 saturated heterocycles. The Balaban J connectivity index is 1.89. The first-order valence-electron chi connectivity index (χ1n) is 6.82. The number of carbonyl (C=O) groups is 1. The number of nitrogens with one attached hydrogen (secondary N) is 1. The van der Waals surface area contributed by atoms with Crippen molar-refractivity contribution in [3.8, 4) is 5.75 Å². The molecule has 0 aliphatic carbocycles. The van der Waals surface area contributed by atoms with Crippen LogP contribution in [0.2, 0.25) is 0 Å². The van der Waals surface area contributed by atoms with Gasteiger partial charge in [-0.2, -0.15) is 0 Å². The molecule has 3 aromatic rings.